The summed E-state index contributed by atoms with van der Waals surface area (Å²) >= 11 is 0. The van der Waals surface area contributed by atoms with E-state index in [0.29, 0.717) is 12.0 Å². The molecule has 1 fully saturated rings. The van der Waals surface area contributed by atoms with Crippen LogP contribution in [0.2, 0.25) is 0 Å². The van der Waals surface area contributed by atoms with Crippen LogP contribution in [0.25, 0.3) is 0 Å². The first-order valence-corrected chi connectivity index (χ1v) is 7.58. The third-order valence-electron chi connectivity index (χ3n) is 5.43. The summed E-state index contributed by atoms with van der Waals surface area (Å²) in [5, 5.41) is 0. The van der Waals surface area contributed by atoms with E-state index < -0.39 is 0 Å². The molecule has 3 rings (SSSR count). The molecule has 1 aromatic carbocycles. The van der Waals surface area contributed by atoms with Gasteiger partial charge in [0.1, 0.15) is 5.75 Å². The van der Waals surface area contributed by atoms with E-state index in [2.05, 4.69) is 25.1 Å². The molecule has 1 saturated carbocycles. The quantitative estimate of drug-likeness (QED) is 0.838. The van der Waals surface area contributed by atoms with Gasteiger partial charge >= 0.3 is 0 Å². The van der Waals surface area contributed by atoms with Crippen molar-refractivity contribution in [3.8, 4) is 5.75 Å². The second kappa shape index (κ2) is 4.82. The molecule has 19 heavy (non-hydrogen) atoms. The lowest BCUT2D eigenvalue weighted by Gasteiger charge is -2.47. The third-order valence-corrected chi connectivity index (χ3v) is 5.43. The summed E-state index contributed by atoms with van der Waals surface area (Å²) < 4.78 is 5.41. The molecule has 0 saturated heterocycles. The van der Waals surface area contributed by atoms with Crippen LogP contribution in [0.5, 0.6) is 5.75 Å². The van der Waals surface area contributed by atoms with Crippen LogP contribution in [0.1, 0.15) is 50.2 Å². The number of fused-ring (bicyclic) bond motifs is 4. The lowest BCUT2D eigenvalue weighted by molar-refractivity contribution is 0.201. The van der Waals surface area contributed by atoms with Gasteiger partial charge in [-0.15, -0.1) is 0 Å². The van der Waals surface area contributed by atoms with E-state index in [9.17, 15) is 0 Å². The fourth-order valence-electron chi connectivity index (χ4n) is 4.16. The van der Waals surface area contributed by atoms with Gasteiger partial charge in [-0.3, -0.25) is 0 Å². The number of nitrogens with two attached hydrogens (primary N) is 1. The second-order valence-electron chi connectivity index (χ2n) is 6.53. The molecule has 0 aromatic heterocycles. The number of ether oxygens (including phenoxy) is 1. The maximum Gasteiger partial charge on any atom is 0.119 e. The molecule has 1 aromatic rings. The van der Waals surface area contributed by atoms with Crippen molar-refractivity contribution in [1.29, 1.82) is 0 Å². The maximum absolute atomic E-state index is 6.65. The zero-order valence-corrected chi connectivity index (χ0v) is 12.1. The molecule has 0 radical (unpaired) electrons. The lowest BCUT2D eigenvalue weighted by Crippen LogP contribution is -2.52. The van der Waals surface area contributed by atoms with Crippen LogP contribution < -0.4 is 10.5 Å². The molecular formula is C17H25NO. The minimum atomic E-state index is 0.132. The standard InChI is InChI=1S/C17H25NO/c1-17-9-5-3-4-6-13(16(17)18)10-12-7-8-14(19-2)11-15(12)17/h7-8,11,13,16H,3-6,9-10,18H2,1-2H3/t13?,16?,17-/m1/s1. The number of methoxy groups -OCH3 is 1. The summed E-state index contributed by atoms with van der Waals surface area (Å²) in [6.07, 6.45) is 7.66. The highest BCUT2D eigenvalue weighted by molar-refractivity contribution is 5.44. The SMILES string of the molecule is COc1ccc2c(c1)[C@@]1(C)CCCCCC(C2)C1N. The van der Waals surface area contributed by atoms with E-state index in [0.717, 1.165) is 12.2 Å². The minimum absolute atomic E-state index is 0.132. The first-order chi connectivity index (χ1) is 9.15. The number of hydrogen-bond donors (Lipinski definition) is 1. The number of benzene rings is 1. The Bertz CT molecular complexity index is 470. The van der Waals surface area contributed by atoms with Gasteiger partial charge in [-0.05, 0) is 48.4 Å². The van der Waals surface area contributed by atoms with Gasteiger partial charge in [0.05, 0.1) is 7.11 Å². The molecule has 0 spiro atoms. The molecule has 0 heterocycles. The van der Waals surface area contributed by atoms with Gasteiger partial charge in [-0.1, -0.05) is 32.3 Å². The summed E-state index contributed by atoms with van der Waals surface area (Å²) in [5.41, 5.74) is 9.72. The monoisotopic (exact) mass is 259 g/mol. The van der Waals surface area contributed by atoms with E-state index >= 15 is 0 Å². The van der Waals surface area contributed by atoms with E-state index in [-0.39, 0.29) is 5.41 Å². The Morgan fingerprint density at radius 2 is 2.11 bits per heavy atom. The molecule has 2 unspecified atom stereocenters. The van der Waals surface area contributed by atoms with Crippen LogP contribution in [0.4, 0.5) is 0 Å². The van der Waals surface area contributed by atoms with Crippen molar-refractivity contribution in [2.45, 2.75) is 56.9 Å². The van der Waals surface area contributed by atoms with Gasteiger partial charge in [0.25, 0.3) is 0 Å². The van der Waals surface area contributed by atoms with Crippen LogP contribution in [-0.2, 0) is 11.8 Å². The average Bonchev–Trinajstić information content (AvgIpc) is 2.43. The topological polar surface area (TPSA) is 35.2 Å². The van der Waals surface area contributed by atoms with Gasteiger partial charge < -0.3 is 10.5 Å². The van der Waals surface area contributed by atoms with E-state index in [4.69, 9.17) is 10.5 Å². The summed E-state index contributed by atoms with van der Waals surface area (Å²) in [6, 6.07) is 6.88. The van der Waals surface area contributed by atoms with Crippen molar-refractivity contribution in [3.63, 3.8) is 0 Å². The number of rotatable bonds is 1. The van der Waals surface area contributed by atoms with Gasteiger partial charge in [-0.2, -0.15) is 0 Å². The summed E-state index contributed by atoms with van der Waals surface area (Å²) in [6.45, 7) is 2.37. The van der Waals surface area contributed by atoms with E-state index in [1.165, 1.54) is 43.2 Å². The van der Waals surface area contributed by atoms with Crippen LogP contribution in [0.15, 0.2) is 18.2 Å². The Kier molecular flexibility index (Phi) is 3.30. The van der Waals surface area contributed by atoms with E-state index in [1.54, 1.807) is 7.11 Å². The second-order valence-corrected chi connectivity index (χ2v) is 6.53. The molecule has 2 aliphatic rings. The van der Waals surface area contributed by atoms with Crippen molar-refractivity contribution in [2.24, 2.45) is 11.7 Å². The van der Waals surface area contributed by atoms with Crippen molar-refractivity contribution >= 4 is 0 Å². The highest BCUT2D eigenvalue weighted by Gasteiger charge is 2.43. The predicted molar refractivity (Wildman–Crippen MR) is 78.6 cm³/mol. The molecule has 2 bridgehead atoms. The summed E-state index contributed by atoms with van der Waals surface area (Å²) in [7, 11) is 1.74. The van der Waals surface area contributed by atoms with Crippen molar-refractivity contribution in [1.82, 2.24) is 0 Å². The first-order valence-electron chi connectivity index (χ1n) is 7.58. The van der Waals surface area contributed by atoms with Crippen molar-refractivity contribution < 1.29 is 4.74 Å². The Morgan fingerprint density at radius 1 is 1.26 bits per heavy atom. The van der Waals surface area contributed by atoms with Crippen LogP contribution >= 0.6 is 0 Å². The Balaban J connectivity index is 2.09. The molecule has 2 aliphatic carbocycles. The smallest absolute Gasteiger partial charge is 0.119 e. The molecular weight excluding hydrogens is 234 g/mol. The lowest BCUT2D eigenvalue weighted by atomic mass is 9.60. The van der Waals surface area contributed by atoms with Gasteiger partial charge in [-0.25, -0.2) is 0 Å². The fraction of sp³-hybridized carbons (Fsp3) is 0.647. The normalized spacial score (nSPS) is 34.1. The predicted octanol–water partition coefficient (Wildman–Crippen LogP) is 3.42. The molecule has 2 heteroatoms. The van der Waals surface area contributed by atoms with Gasteiger partial charge in [0.2, 0.25) is 0 Å². The Hall–Kier alpha value is -1.02. The molecule has 3 atom stereocenters. The first kappa shape index (κ1) is 13.0. The van der Waals surface area contributed by atoms with Gasteiger partial charge in [0.15, 0.2) is 0 Å². The largest absolute Gasteiger partial charge is 0.497 e. The van der Waals surface area contributed by atoms with Crippen LogP contribution in [-0.4, -0.2) is 13.2 Å². The molecule has 2 nitrogen and oxygen atoms in total. The maximum atomic E-state index is 6.65. The molecule has 104 valence electrons. The zero-order chi connectivity index (χ0) is 13.5. The average molecular weight is 259 g/mol. The molecule has 2 N–H and O–H groups in total. The van der Waals surface area contributed by atoms with Crippen molar-refractivity contribution in [2.75, 3.05) is 7.11 Å². The third kappa shape index (κ3) is 2.06. The van der Waals surface area contributed by atoms with Gasteiger partial charge in [0, 0.05) is 11.5 Å². The van der Waals surface area contributed by atoms with Crippen LogP contribution in [0.3, 0.4) is 0 Å². The van der Waals surface area contributed by atoms with Crippen LogP contribution in [0, 0.1) is 5.92 Å². The highest BCUT2D eigenvalue weighted by Crippen LogP contribution is 2.46. The summed E-state index contributed by atoms with van der Waals surface area (Å²) in [4.78, 5) is 0. The fourth-order valence-corrected chi connectivity index (χ4v) is 4.16. The Labute approximate surface area is 116 Å². The Morgan fingerprint density at radius 3 is 2.89 bits per heavy atom. The van der Waals surface area contributed by atoms with E-state index in [1.807, 2.05) is 0 Å². The number of hydrogen-bond acceptors (Lipinski definition) is 2. The summed E-state index contributed by atoms with van der Waals surface area (Å²) in [5.74, 6) is 1.62. The minimum Gasteiger partial charge on any atom is -0.497 e. The van der Waals surface area contributed by atoms with Crippen molar-refractivity contribution in [3.05, 3.63) is 29.3 Å². The highest BCUT2D eigenvalue weighted by atomic mass is 16.5. The molecule has 0 amide bonds. The zero-order valence-electron chi connectivity index (χ0n) is 12.1. The molecule has 0 aliphatic heterocycles.